The number of carbonyl (C=O) groups is 2. The molecule has 0 unspecified atom stereocenters. The van der Waals surface area contributed by atoms with Gasteiger partial charge in [-0.2, -0.15) is 0 Å². The molecule has 0 fully saturated rings. The summed E-state index contributed by atoms with van der Waals surface area (Å²) in [7, 11) is 0. The van der Waals surface area contributed by atoms with Crippen molar-refractivity contribution in [2.75, 3.05) is 16.8 Å². The van der Waals surface area contributed by atoms with Crippen molar-refractivity contribution in [1.29, 1.82) is 0 Å². The van der Waals surface area contributed by atoms with Crippen molar-refractivity contribution in [1.82, 2.24) is 5.16 Å². The lowest BCUT2D eigenvalue weighted by Crippen LogP contribution is -2.16. The van der Waals surface area contributed by atoms with Crippen LogP contribution in [0.15, 0.2) is 62.3 Å². The van der Waals surface area contributed by atoms with Crippen LogP contribution < -0.4 is 10.9 Å². The standard InChI is InChI=1S/C22H18N2O6S/c1-13-8-18(24-30-13)23-19(25)11-31-12-21(27)28-10-15-9-20(26)29-17-7-6-14-4-2-3-5-16(14)22(15)17/h2-9H,10-12H2,1H3,(H,23,24,25). The van der Waals surface area contributed by atoms with Gasteiger partial charge in [0, 0.05) is 23.1 Å². The first-order valence-corrected chi connectivity index (χ1v) is 10.6. The fraction of sp³-hybridized carbons (Fsp3) is 0.182. The maximum absolute atomic E-state index is 12.1. The predicted octanol–water partition coefficient (Wildman–Crippen LogP) is 3.66. The molecule has 0 saturated heterocycles. The molecule has 0 spiro atoms. The van der Waals surface area contributed by atoms with Crippen molar-refractivity contribution in [2.24, 2.45) is 0 Å². The normalized spacial score (nSPS) is 11.0. The SMILES string of the molecule is Cc1cc(NC(=O)CSCC(=O)OCc2cc(=O)oc3ccc4ccccc4c23)no1. The van der Waals surface area contributed by atoms with E-state index in [0.29, 0.717) is 22.7 Å². The highest BCUT2D eigenvalue weighted by atomic mass is 32.2. The van der Waals surface area contributed by atoms with E-state index >= 15 is 0 Å². The molecule has 8 nitrogen and oxygen atoms in total. The first kappa shape index (κ1) is 20.7. The van der Waals surface area contributed by atoms with Gasteiger partial charge in [-0.3, -0.25) is 9.59 Å². The van der Waals surface area contributed by atoms with E-state index < -0.39 is 11.6 Å². The molecule has 2 heterocycles. The summed E-state index contributed by atoms with van der Waals surface area (Å²) in [6, 6.07) is 14.2. The number of aromatic nitrogens is 1. The van der Waals surface area contributed by atoms with Crippen LogP contribution in [0, 0.1) is 6.92 Å². The van der Waals surface area contributed by atoms with Crippen LogP contribution in [-0.4, -0.2) is 28.5 Å². The smallest absolute Gasteiger partial charge is 0.336 e. The Kier molecular flexibility index (Phi) is 6.03. The average molecular weight is 438 g/mol. The maximum Gasteiger partial charge on any atom is 0.336 e. The molecule has 2 aromatic heterocycles. The summed E-state index contributed by atoms with van der Waals surface area (Å²) < 4.78 is 15.5. The highest BCUT2D eigenvalue weighted by Gasteiger charge is 2.13. The number of fused-ring (bicyclic) bond motifs is 3. The van der Waals surface area contributed by atoms with Crippen molar-refractivity contribution in [2.45, 2.75) is 13.5 Å². The minimum absolute atomic E-state index is 0.00855. The lowest BCUT2D eigenvalue weighted by Gasteiger charge is -2.09. The molecule has 0 atom stereocenters. The second-order valence-corrected chi connectivity index (χ2v) is 7.76. The van der Waals surface area contributed by atoms with Crippen molar-refractivity contribution in [3.8, 4) is 0 Å². The Morgan fingerprint density at radius 1 is 1.13 bits per heavy atom. The summed E-state index contributed by atoms with van der Waals surface area (Å²) in [6.45, 7) is 1.65. The van der Waals surface area contributed by atoms with Gasteiger partial charge in [0.2, 0.25) is 5.91 Å². The molecule has 0 radical (unpaired) electrons. The number of esters is 1. The third kappa shape index (κ3) is 4.95. The van der Waals surface area contributed by atoms with Crippen LogP contribution >= 0.6 is 11.8 Å². The molecule has 0 bridgehead atoms. The maximum atomic E-state index is 12.1. The van der Waals surface area contributed by atoms with Crippen LogP contribution in [0.5, 0.6) is 0 Å². The van der Waals surface area contributed by atoms with Gasteiger partial charge >= 0.3 is 11.6 Å². The fourth-order valence-corrected chi connectivity index (χ4v) is 3.77. The van der Waals surface area contributed by atoms with E-state index in [0.717, 1.165) is 27.9 Å². The van der Waals surface area contributed by atoms with Crippen LogP contribution in [-0.2, 0) is 20.9 Å². The number of nitrogens with zero attached hydrogens (tertiary/aromatic N) is 1. The Morgan fingerprint density at radius 2 is 1.97 bits per heavy atom. The zero-order chi connectivity index (χ0) is 21.8. The summed E-state index contributed by atoms with van der Waals surface area (Å²) in [5.41, 5.74) is 0.495. The molecule has 31 heavy (non-hydrogen) atoms. The van der Waals surface area contributed by atoms with Gasteiger partial charge in [0.05, 0.1) is 11.5 Å². The van der Waals surface area contributed by atoms with Gasteiger partial charge in [-0.05, 0) is 23.8 Å². The first-order valence-electron chi connectivity index (χ1n) is 9.40. The number of benzene rings is 2. The summed E-state index contributed by atoms with van der Waals surface area (Å²) >= 11 is 1.11. The number of ether oxygens (including phenoxy) is 1. The minimum atomic E-state index is -0.511. The average Bonchev–Trinajstić information content (AvgIpc) is 3.15. The van der Waals surface area contributed by atoms with Crippen molar-refractivity contribution in [3.05, 3.63) is 70.3 Å². The Balaban J connectivity index is 1.37. The molecule has 1 N–H and O–H groups in total. The van der Waals surface area contributed by atoms with Gasteiger partial charge in [-0.1, -0.05) is 35.5 Å². The second kappa shape index (κ2) is 9.05. The van der Waals surface area contributed by atoms with Gasteiger partial charge in [-0.25, -0.2) is 4.79 Å². The van der Waals surface area contributed by atoms with Gasteiger partial charge < -0.3 is 19.0 Å². The number of hydrogen-bond donors (Lipinski definition) is 1. The van der Waals surface area contributed by atoms with E-state index in [9.17, 15) is 14.4 Å². The Labute approximate surface area is 180 Å². The van der Waals surface area contributed by atoms with Crippen molar-refractivity contribution < 1.29 is 23.3 Å². The van der Waals surface area contributed by atoms with Crippen molar-refractivity contribution in [3.63, 3.8) is 0 Å². The summed E-state index contributed by atoms with van der Waals surface area (Å²) in [4.78, 5) is 35.9. The van der Waals surface area contributed by atoms with E-state index in [1.54, 1.807) is 19.1 Å². The molecular weight excluding hydrogens is 420 g/mol. The molecule has 0 aliphatic heterocycles. The molecule has 1 amide bonds. The van der Waals surface area contributed by atoms with Crippen LogP contribution in [0.3, 0.4) is 0 Å². The van der Waals surface area contributed by atoms with Gasteiger partial charge in [0.15, 0.2) is 5.82 Å². The number of amides is 1. The molecule has 4 rings (SSSR count). The van der Waals surface area contributed by atoms with Crippen molar-refractivity contribution >= 4 is 51.2 Å². The lowest BCUT2D eigenvalue weighted by molar-refractivity contribution is -0.141. The minimum Gasteiger partial charge on any atom is -0.460 e. The van der Waals surface area contributed by atoms with E-state index in [-0.39, 0.29) is 24.0 Å². The highest BCUT2D eigenvalue weighted by Crippen LogP contribution is 2.27. The zero-order valence-corrected chi connectivity index (χ0v) is 17.4. The number of carbonyl (C=O) groups excluding carboxylic acids is 2. The zero-order valence-electron chi connectivity index (χ0n) is 16.5. The van der Waals surface area contributed by atoms with Crippen LogP contribution in [0.25, 0.3) is 21.7 Å². The first-order chi connectivity index (χ1) is 15.0. The predicted molar refractivity (Wildman–Crippen MR) is 117 cm³/mol. The number of hydrogen-bond acceptors (Lipinski definition) is 8. The quantitative estimate of drug-likeness (QED) is 0.264. The molecule has 158 valence electrons. The molecule has 0 aliphatic carbocycles. The monoisotopic (exact) mass is 438 g/mol. The van der Waals surface area contributed by atoms with Crippen LogP contribution in [0.2, 0.25) is 0 Å². The summed E-state index contributed by atoms with van der Waals surface area (Å²) in [5.74, 6) is 0.171. The number of anilines is 1. The van der Waals surface area contributed by atoms with Crippen LogP contribution in [0.1, 0.15) is 11.3 Å². The summed E-state index contributed by atoms with van der Waals surface area (Å²) in [5, 5.41) is 8.88. The van der Waals surface area contributed by atoms with E-state index in [2.05, 4.69) is 10.5 Å². The fourth-order valence-electron chi connectivity index (χ4n) is 3.17. The van der Waals surface area contributed by atoms with E-state index in [1.165, 1.54) is 6.07 Å². The molecule has 4 aromatic rings. The Bertz CT molecular complexity index is 1330. The summed E-state index contributed by atoms with van der Waals surface area (Å²) in [6.07, 6.45) is 0. The number of aryl methyl sites for hydroxylation is 1. The molecule has 9 heteroatoms. The lowest BCUT2D eigenvalue weighted by atomic mass is 10.0. The third-order valence-corrected chi connectivity index (χ3v) is 5.36. The highest BCUT2D eigenvalue weighted by molar-refractivity contribution is 8.00. The molecule has 0 aliphatic rings. The number of thioether (sulfide) groups is 1. The Morgan fingerprint density at radius 3 is 2.77 bits per heavy atom. The van der Waals surface area contributed by atoms with Gasteiger partial charge in [0.25, 0.3) is 0 Å². The molecule has 0 saturated carbocycles. The number of rotatable bonds is 7. The second-order valence-electron chi connectivity index (χ2n) is 6.77. The van der Waals surface area contributed by atoms with Crippen LogP contribution in [0.4, 0.5) is 5.82 Å². The third-order valence-electron chi connectivity index (χ3n) is 4.45. The topological polar surface area (TPSA) is 112 Å². The number of nitrogens with one attached hydrogen (secondary N) is 1. The van der Waals surface area contributed by atoms with E-state index in [4.69, 9.17) is 13.7 Å². The Hall–Kier alpha value is -3.59. The molecule has 2 aromatic carbocycles. The largest absolute Gasteiger partial charge is 0.460 e. The molecular formula is C22H18N2O6S. The van der Waals surface area contributed by atoms with Gasteiger partial charge in [-0.15, -0.1) is 11.8 Å². The van der Waals surface area contributed by atoms with E-state index in [1.807, 2.05) is 30.3 Å². The van der Waals surface area contributed by atoms with Gasteiger partial charge in [0.1, 0.15) is 18.0 Å².